The van der Waals surface area contributed by atoms with Crippen molar-refractivity contribution < 1.29 is 18.7 Å². The minimum Gasteiger partial charge on any atom is -0.497 e. The fourth-order valence-electron chi connectivity index (χ4n) is 3.90. The lowest BCUT2D eigenvalue weighted by Crippen LogP contribution is -2.44. The van der Waals surface area contributed by atoms with E-state index < -0.39 is 17.8 Å². The molecule has 0 radical (unpaired) electrons. The minimum atomic E-state index is -0.807. The Morgan fingerprint density at radius 2 is 1.81 bits per heavy atom. The van der Waals surface area contributed by atoms with Crippen molar-refractivity contribution in [2.24, 2.45) is 16.8 Å². The molecular weight excluding hydrogens is 399 g/mol. The number of nitrogens with two attached hydrogens (primary N) is 1. The van der Waals surface area contributed by atoms with Gasteiger partial charge in [-0.1, -0.05) is 0 Å². The third kappa shape index (κ3) is 4.23. The SMILES string of the molecule is COc1ccc(N(C(=O)C2=NN(c3ccc(F)cc3)C(C(N)=O)C2)C(C)C2CC2)cc1. The highest BCUT2D eigenvalue weighted by atomic mass is 19.1. The molecule has 1 fully saturated rings. The quantitative estimate of drug-likeness (QED) is 0.740. The minimum absolute atomic E-state index is 0.0181. The average molecular weight is 424 g/mol. The molecule has 0 saturated heterocycles. The summed E-state index contributed by atoms with van der Waals surface area (Å²) in [6.45, 7) is 2.03. The van der Waals surface area contributed by atoms with E-state index in [2.05, 4.69) is 5.10 Å². The first-order valence-corrected chi connectivity index (χ1v) is 10.3. The van der Waals surface area contributed by atoms with E-state index in [4.69, 9.17) is 10.5 Å². The fourth-order valence-corrected chi connectivity index (χ4v) is 3.90. The Hall–Kier alpha value is -3.42. The maximum Gasteiger partial charge on any atom is 0.274 e. The maximum absolute atomic E-state index is 13.6. The molecule has 1 aliphatic carbocycles. The van der Waals surface area contributed by atoms with Crippen molar-refractivity contribution in [1.29, 1.82) is 0 Å². The van der Waals surface area contributed by atoms with E-state index in [1.165, 1.54) is 29.3 Å². The van der Waals surface area contributed by atoms with Crippen LogP contribution in [-0.2, 0) is 9.59 Å². The number of anilines is 2. The highest BCUT2D eigenvalue weighted by Crippen LogP contribution is 2.38. The van der Waals surface area contributed by atoms with Gasteiger partial charge in [0.25, 0.3) is 5.91 Å². The molecule has 2 N–H and O–H groups in total. The zero-order chi connectivity index (χ0) is 22.1. The van der Waals surface area contributed by atoms with Gasteiger partial charge in [0.15, 0.2) is 0 Å². The molecule has 0 aromatic heterocycles. The second-order valence-electron chi connectivity index (χ2n) is 7.94. The summed E-state index contributed by atoms with van der Waals surface area (Å²) in [5.41, 5.74) is 7.07. The van der Waals surface area contributed by atoms with E-state index in [0.717, 1.165) is 18.5 Å². The zero-order valence-electron chi connectivity index (χ0n) is 17.5. The number of amides is 2. The molecule has 2 atom stereocenters. The number of rotatable bonds is 7. The molecule has 0 spiro atoms. The number of benzene rings is 2. The summed E-state index contributed by atoms with van der Waals surface area (Å²) in [6, 6.07) is 12.1. The maximum atomic E-state index is 13.6. The summed E-state index contributed by atoms with van der Waals surface area (Å²) < 4.78 is 18.6. The first-order chi connectivity index (χ1) is 14.9. The number of hydrogen-bond donors (Lipinski definition) is 1. The largest absolute Gasteiger partial charge is 0.497 e. The van der Waals surface area contributed by atoms with Crippen LogP contribution in [0.15, 0.2) is 53.6 Å². The number of methoxy groups -OCH3 is 1. The highest BCUT2D eigenvalue weighted by Gasteiger charge is 2.41. The number of nitrogens with zero attached hydrogens (tertiary/aromatic N) is 3. The molecule has 8 heteroatoms. The number of ether oxygens (including phenoxy) is 1. The van der Waals surface area contributed by atoms with E-state index in [1.807, 2.05) is 31.2 Å². The van der Waals surface area contributed by atoms with E-state index in [0.29, 0.717) is 17.4 Å². The van der Waals surface area contributed by atoms with Crippen molar-refractivity contribution in [3.63, 3.8) is 0 Å². The Labute approximate surface area is 180 Å². The number of primary amides is 1. The number of carbonyl (C=O) groups excluding carboxylic acids is 2. The molecule has 1 aliphatic heterocycles. The van der Waals surface area contributed by atoms with Gasteiger partial charge in [-0.2, -0.15) is 5.10 Å². The van der Waals surface area contributed by atoms with Crippen LogP contribution < -0.4 is 20.4 Å². The molecular formula is C23H25FN4O3. The van der Waals surface area contributed by atoms with Gasteiger partial charge >= 0.3 is 0 Å². The lowest BCUT2D eigenvalue weighted by Gasteiger charge is -2.29. The zero-order valence-corrected chi connectivity index (χ0v) is 17.5. The van der Waals surface area contributed by atoms with Crippen LogP contribution in [0.5, 0.6) is 5.75 Å². The Balaban J connectivity index is 1.67. The molecule has 2 aliphatic rings. The monoisotopic (exact) mass is 424 g/mol. The number of halogens is 1. The lowest BCUT2D eigenvalue weighted by atomic mass is 10.1. The smallest absolute Gasteiger partial charge is 0.274 e. The van der Waals surface area contributed by atoms with Crippen LogP contribution in [-0.4, -0.2) is 36.7 Å². The van der Waals surface area contributed by atoms with E-state index in [-0.39, 0.29) is 24.1 Å². The summed E-state index contributed by atoms with van der Waals surface area (Å²) in [5, 5.41) is 5.85. The number of hydrogen-bond acceptors (Lipinski definition) is 5. The van der Waals surface area contributed by atoms with Crippen LogP contribution in [0.4, 0.5) is 15.8 Å². The Bertz CT molecular complexity index is 1000. The van der Waals surface area contributed by atoms with Gasteiger partial charge in [-0.25, -0.2) is 4.39 Å². The Morgan fingerprint density at radius 1 is 1.16 bits per heavy atom. The van der Waals surface area contributed by atoms with Crippen LogP contribution in [0.1, 0.15) is 26.2 Å². The van der Waals surface area contributed by atoms with Crippen LogP contribution in [0.25, 0.3) is 0 Å². The molecule has 31 heavy (non-hydrogen) atoms. The summed E-state index contributed by atoms with van der Waals surface area (Å²) >= 11 is 0. The first kappa shape index (κ1) is 20.8. The molecule has 2 aromatic carbocycles. The van der Waals surface area contributed by atoms with Crippen LogP contribution in [0.2, 0.25) is 0 Å². The summed E-state index contributed by atoms with van der Waals surface area (Å²) in [7, 11) is 1.59. The predicted molar refractivity (Wildman–Crippen MR) is 117 cm³/mol. The van der Waals surface area contributed by atoms with Gasteiger partial charge in [-0.15, -0.1) is 0 Å². The normalized spacial score (nSPS) is 19.0. The summed E-state index contributed by atoms with van der Waals surface area (Å²) in [4.78, 5) is 27.4. The fraction of sp³-hybridized carbons (Fsp3) is 0.348. The van der Waals surface area contributed by atoms with Crippen LogP contribution >= 0.6 is 0 Å². The van der Waals surface area contributed by atoms with Gasteiger partial charge in [0.05, 0.1) is 12.8 Å². The Kier molecular flexibility index (Phi) is 5.63. The number of hydrazone groups is 1. The third-order valence-electron chi connectivity index (χ3n) is 5.86. The van der Waals surface area contributed by atoms with Crippen molar-refractivity contribution >= 4 is 28.9 Å². The van der Waals surface area contributed by atoms with E-state index in [9.17, 15) is 14.0 Å². The van der Waals surface area contributed by atoms with Crippen molar-refractivity contribution in [1.82, 2.24) is 0 Å². The molecule has 2 amide bonds. The second-order valence-corrected chi connectivity index (χ2v) is 7.94. The van der Waals surface area contributed by atoms with Gasteiger partial charge < -0.3 is 15.4 Å². The van der Waals surface area contributed by atoms with E-state index in [1.54, 1.807) is 12.0 Å². The van der Waals surface area contributed by atoms with Gasteiger partial charge in [0, 0.05) is 18.2 Å². The molecule has 162 valence electrons. The van der Waals surface area contributed by atoms with Gasteiger partial charge in [0.2, 0.25) is 5.91 Å². The topological polar surface area (TPSA) is 88.2 Å². The second kappa shape index (κ2) is 8.37. The van der Waals surface area contributed by atoms with Crippen molar-refractivity contribution in [2.75, 3.05) is 17.0 Å². The number of carbonyl (C=O) groups is 2. The molecule has 0 bridgehead atoms. The van der Waals surface area contributed by atoms with Crippen molar-refractivity contribution in [3.8, 4) is 5.75 Å². The van der Waals surface area contributed by atoms with Crippen LogP contribution in [0, 0.1) is 11.7 Å². The molecule has 1 heterocycles. The molecule has 2 aromatic rings. The predicted octanol–water partition coefficient (Wildman–Crippen LogP) is 3.09. The van der Waals surface area contributed by atoms with Gasteiger partial charge in [-0.3, -0.25) is 14.6 Å². The molecule has 1 saturated carbocycles. The molecule has 7 nitrogen and oxygen atoms in total. The van der Waals surface area contributed by atoms with Crippen molar-refractivity contribution in [3.05, 3.63) is 54.3 Å². The third-order valence-corrected chi connectivity index (χ3v) is 5.86. The summed E-state index contributed by atoms with van der Waals surface area (Å²) in [6.07, 6.45) is 2.23. The van der Waals surface area contributed by atoms with Gasteiger partial charge in [-0.05, 0) is 74.2 Å². The Morgan fingerprint density at radius 3 is 2.35 bits per heavy atom. The summed E-state index contributed by atoms with van der Waals surface area (Å²) in [5.74, 6) is -0.136. The first-order valence-electron chi connectivity index (χ1n) is 10.3. The lowest BCUT2D eigenvalue weighted by molar-refractivity contribution is -0.119. The van der Waals surface area contributed by atoms with E-state index >= 15 is 0 Å². The standard InChI is InChI=1S/C23H25FN4O3/c1-14(15-3-4-15)27(17-9-11-19(31-2)12-10-17)23(30)20-13-21(22(25)29)28(26-20)18-7-5-16(24)6-8-18/h5-12,14-15,21H,3-4,13H2,1-2H3,(H2,25,29). The molecule has 4 rings (SSSR count). The van der Waals surface area contributed by atoms with Crippen molar-refractivity contribution in [2.45, 2.75) is 38.3 Å². The van der Waals surface area contributed by atoms with Gasteiger partial charge in [0.1, 0.15) is 23.3 Å². The average Bonchev–Trinajstić information content (AvgIpc) is 3.52. The molecule has 2 unspecified atom stereocenters. The highest BCUT2D eigenvalue weighted by molar-refractivity contribution is 6.45. The van der Waals surface area contributed by atoms with Crippen LogP contribution in [0.3, 0.4) is 0 Å².